The molecule has 0 saturated heterocycles. The van der Waals surface area contributed by atoms with Gasteiger partial charge < -0.3 is 14.6 Å². The van der Waals surface area contributed by atoms with E-state index in [-0.39, 0.29) is 0 Å². The van der Waals surface area contributed by atoms with Gasteiger partial charge in [0.2, 0.25) is 5.72 Å². The molecule has 6 heteroatoms. The summed E-state index contributed by atoms with van der Waals surface area (Å²) < 4.78 is 9.14. The van der Waals surface area contributed by atoms with Gasteiger partial charge in [0.25, 0.3) is 0 Å². The lowest BCUT2D eigenvalue weighted by atomic mass is 10.00. The average molecular weight is 205 g/mol. The minimum Gasteiger partial charge on any atom is -0.478 e. The van der Waals surface area contributed by atoms with Gasteiger partial charge in [-0.3, -0.25) is 5.32 Å². The second-order valence-corrected chi connectivity index (χ2v) is 3.02. The lowest BCUT2D eigenvalue weighted by Crippen LogP contribution is -2.59. The summed E-state index contributed by atoms with van der Waals surface area (Å²) in [5, 5.41) is 11.1. The van der Waals surface area contributed by atoms with Crippen LogP contribution in [-0.2, 0) is 14.3 Å². The number of carboxylic acid groups (broad SMARTS) is 1. The van der Waals surface area contributed by atoms with Crippen LogP contribution in [0.4, 0.5) is 4.79 Å². The quantitative estimate of drug-likeness (QED) is 0.650. The maximum absolute atomic E-state index is 11.0. The highest BCUT2D eigenvalue weighted by molar-refractivity contribution is 5.83. The lowest BCUT2D eigenvalue weighted by molar-refractivity contribution is -0.172. The Balaban J connectivity index is 4.86. The molecule has 0 aliphatic heterocycles. The van der Waals surface area contributed by atoms with Crippen molar-refractivity contribution >= 4 is 12.1 Å². The number of nitrogens with one attached hydrogen (secondary N) is 1. The van der Waals surface area contributed by atoms with E-state index in [0.29, 0.717) is 0 Å². The number of carboxylic acids is 1. The standard InChI is InChI=1S/C8H15NO5/c1-5(2)8(14-4,6(10)11)9-7(12)13-3/h5H,1-4H3,(H,9,12)(H,10,11). The number of carbonyl (C=O) groups excluding carboxylic acids is 1. The van der Waals surface area contributed by atoms with Crippen LogP contribution in [0, 0.1) is 5.92 Å². The van der Waals surface area contributed by atoms with E-state index >= 15 is 0 Å². The smallest absolute Gasteiger partial charge is 0.409 e. The van der Waals surface area contributed by atoms with Crippen LogP contribution in [-0.4, -0.2) is 37.1 Å². The molecule has 0 saturated carbocycles. The molecule has 0 spiro atoms. The Labute approximate surface area is 82.2 Å². The summed E-state index contributed by atoms with van der Waals surface area (Å²) in [6.07, 6.45) is -0.844. The molecule has 0 rings (SSSR count). The molecule has 0 aliphatic rings. The molecule has 82 valence electrons. The number of amides is 1. The second kappa shape index (κ2) is 4.80. The molecule has 0 aromatic carbocycles. The molecule has 14 heavy (non-hydrogen) atoms. The highest BCUT2D eigenvalue weighted by Gasteiger charge is 2.44. The van der Waals surface area contributed by atoms with Crippen LogP contribution >= 0.6 is 0 Å². The van der Waals surface area contributed by atoms with Gasteiger partial charge in [0.1, 0.15) is 0 Å². The molecule has 6 nitrogen and oxygen atoms in total. The predicted molar refractivity (Wildman–Crippen MR) is 47.8 cm³/mol. The molecular weight excluding hydrogens is 190 g/mol. The van der Waals surface area contributed by atoms with Gasteiger partial charge in [-0.25, -0.2) is 9.59 Å². The van der Waals surface area contributed by atoms with E-state index in [2.05, 4.69) is 10.1 Å². The van der Waals surface area contributed by atoms with Crippen LogP contribution in [0.15, 0.2) is 0 Å². The monoisotopic (exact) mass is 205 g/mol. The summed E-state index contributed by atoms with van der Waals surface area (Å²) in [6, 6.07) is 0. The summed E-state index contributed by atoms with van der Waals surface area (Å²) in [6.45, 7) is 3.24. The fourth-order valence-corrected chi connectivity index (χ4v) is 1.02. The summed E-state index contributed by atoms with van der Waals surface area (Å²) in [5.74, 6) is -1.69. The highest BCUT2D eigenvalue weighted by atomic mass is 16.6. The zero-order valence-electron chi connectivity index (χ0n) is 8.66. The fraction of sp³-hybridized carbons (Fsp3) is 0.750. The first-order valence-corrected chi connectivity index (χ1v) is 4.05. The number of aliphatic carboxylic acids is 1. The summed E-state index contributed by atoms with van der Waals surface area (Å²) in [5.41, 5.74) is -1.74. The molecule has 0 aromatic rings. The second-order valence-electron chi connectivity index (χ2n) is 3.02. The van der Waals surface area contributed by atoms with Crippen LogP contribution in [0.5, 0.6) is 0 Å². The minimum atomic E-state index is -1.74. The van der Waals surface area contributed by atoms with Crippen molar-refractivity contribution in [3.05, 3.63) is 0 Å². The SMILES string of the molecule is COC(=O)NC(OC)(C(=O)O)C(C)C. The van der Waals surface area contributed by atoms with Crippen molar-refractivity contribution in [2.24, 2.45) is 5.92 Å². The summed E-state index contributed by atoms with van der Waals surface area (Å²) >= 11 is 0. The molecule has 0 aromatic heterocycles. The fourth-order valence-electron chi connectivity index (χ4n) is 1.02. The van der Waals surface area contributed by atoms with Crippen LogP contribution in [0.3, 0.4) is 0 Å². The van der Waals surface area contributed by atoms with E-state index in [4.69, 9.17) is 9.84 Å². The Morgan fingerprint density at radius 1 is 1.36 bits per heavy atom. The Hall–Kier alpha value is -1.30. The van der Waals surface area contributed by atoms with Crippen molar-refractivity contribution in [1.82, 2.24) is 5.32 Å². The van der Waals surface area contributed by atoms with Crippen molar-refractivity contribution in [3.8, 4) is 0 Å². The molecule has 0 fully saturated rings. The first kappa shape index (κ1) is 12.7. The van der Waals surface area contributed by atoms with E-state index in [1.54, 1.807) is 13.8 Å². The highest BCUT2D eigenvalue weighted by Crippen LogP contribution is 2.18. The van der Waals surface area contributed by atoms with Gasteiger partial charge in [0, 0.05) is 13.0 Å². The van der Waals surface area contributed by atoms with E-state index in [1.807, 2.05) is 0 Å². The van der Waals surface area contributed by atoms with Crippen LogP contribution in [0.1, 0.15) is 13.8 Å². The summed E-state index contributed by atoms with van der Waals surface area (Å²) in [7, 11) is 2.36. The van der Waals surface area contributed by atoms with Gasteiger partial charge in [-0.05, 0) is 0 Å². The molecule has 0 radical (unpaired) electrons. The van der Waals surface area contributed by atoms with Crippen molar-refractivity contribution in [1.29, 1.82) is 0 Å². The third kappa shape index (κ3) is 2.35. The lowest BCUT2D eigenvalue weighted by Gasteiger charge is -2.31. The topological polar surface area (TPSA) is 84.9 Å². The molecule has 1 amide bonds. The van der Waals surface area contributed by atoms with Gasteiger partial charge in [-0.1, -0.05) is 13.8 Å². The molecule has 0 heterocycles. The van der Waals surface area contributed by atoms with Crippen LogP contribution in [0.25, 0.3) is 0 Å². The van der Waals surface area contributed by atoms with Crippen LogP contribution < -0.4 is 5.32 Å². The first-order chi connectivity index (χ1) is 6.40. The Morgan fingerprint density at radius 2 is 1.86 bits per heavy atom. The van der Waals surface area contributed by atoms with E-state index in [0.717, 1.165) is 7.11 Å². The molecule has 1 atom stereocenters. The number of hydrogen-bond donors (Lipinski definition) is 2. The normalized spacial score (nSPS) is 14.6. The van der Waals surface area contributed by atoms with Crippen molar-refractivity contribution in [3.63, 3.8) is 0 Å². The number of rotatable bonds is 4. The molecule has 1 unspecified atom stereocenters. The Bertz CT molecular complexity index is 228. The van der Waals surface area contributed by atoms with Gasteiger partial charge >= 0.3 is 12.1 Å². The summed E-state index contributed by atoms with van der Waals surface area (Å²) in [4.78, 5) is 21.9. The van der Waals surface area contributed by atoms with E-state index < -0.39 is 23.7 Å². The molecule has 0 aliphatic carbocycles. The predicted octanol–water partition coefficient (Wildman–Crippen LogP) is 0.426. The average Bonchev–Trinajstić information content (AvgIpc) is 2.12. The third-order valence-corrected chi connectivity index (χ3v) is 1.93. The first-order valence-electron chi connectivity index (χ1n) is 4.05. The number of ether oxygens (including phenoxy) is 2. The van der Waals surface area contributed by atoms with Gasteiger partial charge in [0.05, 0.1) is 7.11 Å². The Morgan fingerprint density at radius 3 is 2.07 bits per heavy atom. The largest absolute Gasteiger partial charge is 0.478 e. The number of hydrogen-bond acceptors (Lipinski definition) is 4. The van der Waals surface area contributed by atoms with Crippen molar-refractivity contribution in [2.75, 3.05) is 14.2 Å². The Kier molecular flexibility index (Phi) is 4.36. The molecule has 0 bridgehead atoms. The number of carbonyl (C=O) groups is 2. The van der Waals surface area contributed by atoms with Crippen molar-refractivity contribution < 1.29 is 24.2 Å². The maximum atomic E-state index is 11.0. The van der Waals surface area contributed by atoms with E-state index in [1.165, 1.54) is 7.11 Å². The molecule has 2 N–H and O–H groups in total. The number of alkyl carbamates (subject to hydrolysis) is 1. The molecular formula is C8H15NO5. The van der Waals surface area contributed by atoms with Gasteiger partial charge in [0.15, 0.2) is 0 Å². The maximum Gasteiger partial charge on any atom is 0.409 e. The van der Waals surface area contributed by atoms with Gasteiger partial charge in [-0.2, -0.15) is 0 Å². The number of methoxy groups -OCH3 is 2. The zero-order valence-corrected chi connectivity index (χ0v) is 8.66. The van der Waals surface area contributed by atoms with E-state index in [9.17, 15) is 9.59 Å². The van der Waals surface area contributed by atoms with Crippen LogP contribution in [0.2, 0.25) is 0 Å². The zero-order chi connectivity index (χ0) is 11.4. The minimum absolute atomic E-state index is 0.427. The van der Waals surface area contributed by atoms with Gasteiger partial charge in [-0.15, -0.1) is 0 Å². The third-order valence-electron chi connectivity index (χ3n) is 1.93. The van der Waals surface area contributed by atoms with Crippen molar-refractivity contribution in [2.45, 2.75) is 19.6 Å².